The van der Waals surface area contributed by atoms with Gasteiger partial charge in [0.05, 0.1) is 10.6 Å². The number of hydrogen-bond acceptors (Lipinski definition) is 3. The second kappa shape index (κ2) is 4.93. The topological polar surface area (TPSA) is 66.4 Å². The lowest BCUT2D eigenvalue weighted by molar-refractivity contribution is 0.475. The maximum absolute atomic E-state index is 12.2. The number of phenolic OH excluding ortho intramolecular Hbond substituents is 1. The fraction of sp³-hybridized carbons (Fsp3) is 0.143. The van der Waals surface area contributed by atoms with E-state index >= 15 is 0 Å². The van der Waals surface area contributed by atoms with Crippen molar-refractivity contribution in [1.82, 2.24) is 0 Å². The Bertz CT molecular complexity index is 708. The normalized spacial score (nSPS) is 11.3. The lowest BCUT2D eigenvalue weighted by Crippen LogP contribution is -2.13. The zero-order chi connectivity index (χ0) is 14.0. The average Bonchev–Trinajstić information content (AvgIpc) is 2.33. The summed E-state index contributed by atoms with van der Waals surface area (Å²) < 4.78 is 27.0. The number of benzene rings is 2. The molecule has 100 valence electrons. The van der Waals surface area contributed by atoms with Crippen molar-refractivity contribution >= 4 is 15.7 Å². The van der Waals surface area contributed by atoms with Crippen molar-refractivity contribution in [3.05, 3.63) is 53.6 Å². The summed E-state index contributed by atoms with van der Waals surface area (Å²) in [4.78, 5) is 0.222. The highest BCUT2D eigenvalue weighted by atomic mass is 32.2. The standard InChI is InChI=1S/C14H15NO3S/c1-10-4-3-5-13(8-10)19(17,18)15-14-7-6-12(16)9-11(14)2/h3-9,15-16H,1-2H3. The fourth-order valence-corrected chi connectivity index (χ4v) is 2.98. The number of sulfonamides is 1. The summed E-state index contributed by atoms with van der Waals surface area (Å²) >= 11 is 0. The summed E-state index contributed by atoms with van der Waals surface area (Å²) in [5, 5.41) is 9.31. The quantitative estimate of drug-likeness (QED) is 0.848. The highest BCUT2D eigenvalue weighted by Crippen LogP contribution is 2.23. The molecule has 0 amide bonds. The van der Waals surface area contributed by atoms with Crippen molar-refractivity contribution < 1.29 is 13.5 Å². The van der Waals surface area contributed by atoms with E-state index < -0.39 is 10.0 Å². The molecule has 0 aliphatic heterocycles. The van der Waals surface area contributed by atoms with Gasteiger partial charge in [0.1, 0.15) is 5.75 Å². The monoisotopic (exact) mass is 277 g/mol. The summed E-state index contributed by atoms with van der Waals surface area (Å²) in [7, 11) is -3.60. The largest absolute Gasteiger partial charge is 0.508 e. The molecular weight excluding hydrogens is 262 g/mol. The first-order valence-corrected chi connectivity index (χ1v) is 7.26. The lowest BCUT2D eigenvalue weighted by Gasteiger charge is -2.11. The summed E-state index contributed by atoms with van der Waals surface area (Å²) in [6.45, 7) is 3.57. The van der Waals surface area contributed by atoms with E-state index in [2.05, 4.69) is 4.72 Å². The minimum atomic E-state index is -3.60. The molecule has 0 unspecified atom stereocenters. The highest BCUT2D eigenvalue weighted by Gasteiger charge is 2.15. The molecule has 0 radical (unpaired) electrons. The molecule has 4 nitrogen and oxygen atoms in total. The summed E-state index contributed by atoms with van der Waals surface area (Å²) in [5.74, 6) is 0.107. The van der Waals surface area contributed by atoms with E-state index in [4.69, 9.17) is 0 Å². The second-order valence-electron chi connectivity index (χ2n) is 4.42. The third-order valence-corrected chi connectivity index (χ3v) is 4.12. The van der Waals surface area contributed by atoms with E-state index in [1.807, 2.05) is 13.0 Å². The van der Waals surface area contributed by atoms with Crippen molar-refractivity contribution in [3.63, 3.8) is 0 Å². The highest BCUT2D eigenvalue weighted by molar-refractivity contribution is 7.92. The van der Waals surface area contributed by atoms with Gasteiger partial charge in [-0.3, -0.25) is 4.72 Å². The van der Waals surface area contributed by atoms with E-state index in [1.165, 1.54) is 18.2 Å². The SMILES string of the molecule is Cc1cccc(S(=O)(=O)Nc2ccc(O)cc2C)c1. The van der Waals surface area contributed by atoms with E-state index in [0.717, 1.165) is 5.56 Å². The number of nitrogens with one attached hydrogen (secondary N) is 1. The molecule has 2 rings (SSSR count). The average molecular weight is 277 g/mol. The molecule has 2 N–H and O–H groups in total. The molecule has 5 heteroatoms. The molecule has 0 bridgehead atoms. The zero-order valence-corrected chi connectivity index (χ0v) is 11.5. The van der Waals surface area contributed by atoms with Crippen LogP contribution in [0.3, 0.4) is 0 Å². The van der Waals surface area contributed by atoms with Crippen LogP contribution in [-0.4, -0.2) is 13.5 Å². The van der Waals surface area contributed by atoms with Crippen LogP contribution in [0, 0.1) is 13.8 Å². The van der Waals surface area contributed by atoms with E-state index in [9.17, 15) is 13.5 Å². The number of anilines is 1. The first-order valence-electron chi connectivity index (χ1n) is 5.77. The molecule has 0 saturated carbocycles. The first-order chi connectivity index (χ1) is 8.88. The van der Waals surface area contributed by atoms with Gasteiger partial charge in [0.15, 0.2) is 0 Å². The molecule has 0 saturated heterocycles. The first kappa shape index (κ1) is 13.4. The molecule has 19 heavy (non-hydrogen) atoms. The predicted octanol–water partition coefficient (Wildman–Crippen LogP) is 2.81. The van der Waals surface area contributed by atoms with Crippen LogP contribution in [0.4, 0.5) is 5.69 Å². The van der Waals surface area contributed by atoms with Gasteiger partial charge in [0.2, 0.25) is 0 Å². The Morgan fingerprint density at radius 1 is 1.05 bits per heavy atom. The van der Waals surface area contributed by atoms with Crippen molar-refractivity contribution in [2.24, 2.45) is 0 Å². The van der Waals surface area contributed by atoms with Crippen molar-refractivity contribution in [2.45, 2.75) is 18.7 Å². The van der Waals surface area contributed by atoms with Gasteiger partial charge in [0, 0.05) is 0 Å². The van der Waals surface area contributed by atoms with Crippen LogP contribution in [0.2, 0.25) is 0 Å². The number of phenols is 1. The van der Waals surface area contributed by atoms with Crippen LogP contribution in [0.5, 0.6) is 5.75 Å². The number of rotatable bonds is 3. The summed E-state index contributed by atoms with van der Waals surface area (Å²) in [6.07, 6.45) is 0. The minimum Gasteiger partial charge on any atom is -0.508 e. The molecule has 0 heterocycles. The van der Waals surface area contributed by atoms with Crippen LogP contribution in [0.25, 0.3) is 0 Å². The van der Waals surface area contributed by atoms with Crippen LogP contribution < -0.4 is 4.72 Å². The number of aromatic hydroxyl groups is 1. The number of hydrogen-bond donors (Lipinski definition) is 2. The van der Waals surface area contributed by atoms with Crippen LogP contribution in [0.1, 0.15) is 11.1 Å². The van der Waals surface area contributed by atoms with E-state index in [1.54, 1.807) is 25.1 Å². The van der Waals surface area contributed by atoms with Crippen molar-refractivity contribution in [1.29, 1.82) is 0 Å². The Kier molecular flexibility index (Phi) is 3.48. The third-order valence-electron chi connectivity index (χ3n) is 2.75. The van der Waals surface area contributed by atoms with Crippen molar-refractivity contribution in [2.75, 3.05) is 4.72 Å². The summed E-state index contributed by atoms with van der Waals surface area (Å²) in [5.41, 5.74) is 2.00. The van der Waals surface area contributed by atoms with Crippen LogP contribution >= 0.6 is 0 Å². The Morgan fingerprint density at radius 3 is 2.42 bits per heavy atom. The predicted molar refractivity (Wildman–Crippen MR) is 74.8 cm³/mol. The van der Waals surface area contributed by atoms with Gasteiger partial charge in [0.25, 0.3) is 10.0 Å². The Balaban J connectivity index is 2.36. The van der Waals surface area contributed by atoms with E-state index in [-0.39, 0.29) is 10.6 Å². The van der Waals surface area contributed by atoms with Gasteiger partial charge in [-0.25, -0.2) is 8.42 Å². The molecule has 0 aliphatic carbocycles. The fourth-order valence-electron chi connectivity index (χ4n) is 1.75. The maximum atomic E-state index is 12.2. The maximum Gasteiger partial charge on any atom is 0.261 e. The lowest BCUT2D eigenvalue weighted by atomic mass is 10.2. The molecule has 2 aromatic rings. The Hall–Kier alpha value is -2.01. The molecule has 0 atom stereocenters. The molecule has 0 spiro atoms. The molecule has 2 aromatic carbocycles. The van der Waals surface area contributed by atoms with Crippen LogP contribution in [-0.2, 0) is 10.0 Å². The Morgan fingerprint density at radius 2 is 1.79 bits per heavy atom. The molecular formula is C14H15NO3S. The van der Waals surface area contributed by atoms with Crippen molar-refractivity contribution in [3.8, 4) is 5.75 Å². The van der Waals surface area contributed by atoms with Gasteiger partial charge in [-0.15, -0.1) is 0 Å². The minimum absolute atomic E-state index is 0.107. The smallest absolute Gasteiger partial charge is 0.261 e. The van der Waals surface area contributed by atoms with E-state index in [0.29, 0.717) is 11.3 Å². The van der Waals surface area contributed by atoms with Gasteiger partial charge >= 0.3 is 0 Å². The molecule has 0 aliphatic rings. The molecule has 0 aromatic heterocycles. The zero-order valence-electron chi connectivity index (χ0n) is 10.7. The van der Waals surface area contributed by atoms with Gasteiger partial charge < -0.3 is 5.11 Å². The third kappa shape index (κ3) is 3.06. The Labute approximate surface area is 112 Å². The summed E-state index contributed by atoms with van der Waals surface area (Å²) in [6, 6.07) is 11.2. The second-order valence-corrected chi connectivity index (χ2v) is 6.10. The van der Waals surface area contributed by atoms with Gasteiger partial charge in [-0.2, -0.15) is 0 Å². The van der Waals surface area contributed by atoms with Gasteiger partial charge in [-0.1, -0.05) is 12.1 Å². The van der Waals surface area contributed by atoms with Crippen LogP contribution in [0.15, 0.2) is 47.4 Å². The molecule has 0 fully saturated rings. The van der Waals surface area contributed by atoms with Gasteiger partial charge in [-0.05, 0) is 55.3 Å². The number of aryl methyl sites for hydroxylation is 2.